The second-order valence-corrected chi connectivity index (χ2v) is 4.31. The highest BCUT2D eigenvalue weighted by Gasteiger charge is 2.03. The van der Waals surface area contributed by atoms with Gasteiger partial charge >= 0.3 is 0 Å². The number of hydrogen-bond acceptors (Lipinski definition) is 4. The first-order chi connectivity index (χ1) is 8.81. The number of nitrogens with zero attached hydrogens (tertiary/aromatic N) is 1. The van der Waals surface area contributed by atoms with Crippen LogP contribution >= 0.6 is 0 Å². The summed E-state index contributed by atoms with van der Waals surface area (Å²) in [5.74, 6) is 0.915. The fourth-order valence-electron chi connectivity index (χ4n) is 1.93. The van der Waals surface area contributed by atoms with Crippen molar-refractivity contribution in [3.05, 3.63) is 36.5 Å². The number of anilines is 1. The zero-order chi connectivity index (χ0) is 12.8. The molecule has 0 radical (unpaired) electrons. The summed E-state index contributed by atoms with van der Waals surface area (Å²) in [5, 5.41) is 5.66. The Kier molecular flexibility index (Phi) is 4.50. The van der Waals surface area contributed by atoms with Crippen LogP contribution < -0.4 is 11.1 Å². The van der Waals surface area contributed by atoms with Gasteiger partial charge in [0.2, 0.25) is 0 Å². The Balaban J connectivity index is 1.99. The quantitative estimate of drug-likeness (QED) is 0.817. The van der Waals surface area contributed by atoms with E-state index in [1.807, 2.05) is 24.4 Å². The third-order valence-corrected chi connectivity index (χ3v) is 2.86. The number of methoxy groups -OCH3 is 1. The van der Waals surface area contributed by atoms with E-state index >= 15 is 0 Å². The molecule has 4 heteroatoms. The van der Waals surface area contributed by atoms with Crippen molar-refractivity contribution in [1.82, 2.24) is 4.98 Å². The maximum Gasteiger partial charge on any atom is 0.133 e. The Morgan fingerprint density at radius 2 is 2.17 bits per heavy atom. The van der Waals surface area contributed by atoms with Crippen molar-refractivity contribution in [2.45, 2.75) is 12.5 Å². The Bertz CT molecular complexity index is 496. The minimum absolute atomic E-state index is 0.0671. The summed E-state index contributed by atoms with van der Waals surface area (Å²) < 4.78 is 5.01. The molecule has 1 aromatic heterocycles. The molecule has 0 aliphatic carbocycles. The molecular weight excluding hydrogens is 226 g/mol. The molecule has 0 aliphatic rings. The standard InChI is InChI=1S/C14H19N3O/c1-18-10-12(15)7-9-17-14-13-5-3-2-4-11(13)6-8-16-14/h2-6,8,12H,7,9-10,15H2,1H3,(H,16,17). The van der Waals surface area contributed by atoms with Gasteiger partial charge in [-0.3, -0.25) is 0 Å². The average Bonchev–Trinajstić information content (AvgIpc) is 2.39. The van der Waals surface area contributed by atoms with Crippen molar-refractivity contribution in [2.75, 3.05) is 25.6 Å². The van der Waals surface area contributed by atoms with Crippen LogP contribution in [0.3, 0.4) is 0 Å². The number of hydrogen-bond donors (Lipinski definition) is 2. The Hall–Kier alpha value is -1.65. The monoisotopic (exact) mass is 245 g/mol. The van der Waals surface area contributed by atoms with Gasteiger partial charge in [-0.15, -0.1) is 0 Å². The van der Waals surface area contributed by atoms with Crippen molar-refractivity contribution in [3.8, 4) is 0 Å². The molecule has 0 bridgehead atoms. The molecule has 1 atom stereocenters. The lowest BCUT2D eigenvalue weighted by Crippen LogP contribution is -2.28. The van der Waals surface area contributed by atoms with Gasteiger partial charge in [0.05, 0.1) is 6.61 Å². The van der Waals surface area contributed by atoms with Crippen LogP contribution in [0.5, 0.6) is 0 Å². The van der Waals surface area contributed by atoms with E-state index in [1.54, 1.807) is 7.11 Å². The molecule has 0 amide bonds. The van der Waals surface area contributed by atoms with Gasteiger partial charge in [-0.2, -0.15) is 0 Å². The first-order valence-corrected chi connectivity index (χ1v) is 6.13. The summed E-state index contributed by atoms with van der Waals surface area (Å²) in [6.45, 7) is 1.39. The van der Waals surface area contributed by atoms with Gasteiger partial charge < -0.3 is 15.8 Å². The molecule has 0 aliphatic heterocycles. The largest absolute Gasteiger partial charge is 0.383 e. The zero-order valence-corrected chi connectivity index (χ0v) is 10.6. The van der Waals surface area contributed by atoms with Gasteiger partial charge in [-0.25, -0.2) is 4.98 Å². The Morgan fingerprint density at radius 1 is 1.33 bits per heavy atom. The molecule has 0 saturated carbocycles. The highest BCUT2D eigenvalue weighted by molar-refractivity contribution is 5.91. The van der Waals surface area contributed by atoms with E-state index in [4.69, 9.17) is 10.5 Å². The van der Waals surface area contributed by atoms with Crippen LogP contribution in [-0.2, 0) is 4.74 Å². The number of rotatable bonds is 6. The van der Waals surface area contributed by atoms with E-state index in [9.17, 15) is 0 Å². The SMILES string of the molecule is COCC(N)CCNc1nccc2ccccc12. The predicted molar refractivity (Wildman–Crippen MR) is 74.7 cm³/mol. The van der Waals surface area contributed by atoms with Gasteiger partial charge in [0.1, 0.15) is 5.82 Å². The summed E-state index contributed by atoms with van der Waals surface area (Å²) in [6.07, 6.45) is 2.68. The maximum atomic E-state index is 5.88. The zero-order valence-electron chi connectivity index (χ0n) is 10.6. The van der Waals surface area contributed by atoms with E-state index in [2.05, 4.69) is 22.4 Å². The van der Waals surface area contributed by atoms with Crippen LogP contribution in [0, 0.1) is 0 Å². The molecule has 1 heterocycles. The van der Waals surface area contributed by atoms with E-state index in [0.717, 1.165) is 24.2 Å². The predicted octanol–water partition coefficient (Wildman–Crippen LogP) is 2.01. The van der Waals surface area contributed by atoms with Gasteiger partial charge in [0.25, 0.3) is 0 Å². The molecule has 18 heavy (non-hydrogen) atoms. The lowest BCUT2D eigenvalue weighted by Gasteiger charge is -2.12. The summed E-state index contributed by atoms with van der Waals surface area (Å²) in [4.78, 5) is 4.37. The van der Waals surface area contributed by atoms with Crippen molar-refractivity contribution in [2.24, 2.45) is 5.73 Å². The number of ether oxygens (including phenoxy) is 1. The minimum atomic E-state index is 0.0671. The van der Waals surface area contributed by atoms with E-state index < -0.39 is 0 Å². The topological polar surface area (TPSA) is 60.2 Å². The van der Waals surface area contributed by atoms with E-state index in [-0.39, 0.29) is 6.04 Å². The van der Waals surface area contributed by atoms with Gasteiger partial charge in [0.15, 0.2) is 0 Å². The van der Waals surface area contributed by atoms with Crippen molar-refractivity contribution in [3.63, 3.8) is 0 Å². The molecule has 3 N–H and O–H groups in total. The fraction of sp³-hybridized carbons (Fsp3) is 0.357. The highest BCUT2D eigenvalue weighted by atomic mass is 16.5. The molecular formula is C14H19N3O. The third kappa shape index (κ3) is 3.18. The minimum Gasteiger partial charge on any atom is -0.383 e. The van der Waals surface area contributed by atoms with Crippen LogP contribution in [-0.4, -0.2) is 31.3 Å². The lowest BCUT2D eigenvalue weighted by molar-refractivity contribution is 0.178. The van der Waals surface area contributed by atoms with Gasteiger partial charge in [-0.05, 0) is 17.9 Å². The Morgan fingerprint density at radius 3 is 3.00 bits per heavy atom. The van der Waals surface area contributed by atoms with Crippen molar-refractivity contribution < 1.29 is 4.74 Å². The second kappa shape index (κ2) is 6.33. The number of pyridine rings is 1. The summed E-state index contributed by atoms with van der Waals surface area (Å²) >= 11 is 0. The maximum absolute atomic E-state index is 5.88. The molecule has 4 nitrogen and oxygen atoms in total. The summed E-state index contributed by atoms with van der Waals surface area (Å²) in [5.41, 5.74) is 5.88. The van der Waals surface area contributed by atoms with Crippen LogP contribution in [0.1, 0.15) is 6.42 Å². The molecule has 1 unspecified atom stereocenters. The number of nitrogens with one attached hydrogen (secondary N) is 1. The second-order valence-electron chi connectivity index (χ2n) is 4.31. The van der Waals surface area contributed by atoms with Crippen LogP contribution in [0.25, 0.3) is 10.8 Å². The van der Waals surface area contributed by atoms with Crippen LogP contribution in [0.2, 0.25) is 0 Å². The van der Waals surface area contributed by atoms with E-state index in [1.165, 1.54) is 5.39 Å². The lowest BCUT2D eigenvalue weighted by atomic mass is 10.1. The number of aromatic nitrogens is 1. The highest BCUT2D eigenvalue weighted by Crippen LogP contribution is 2.20. The van der Waals surface area contributed by atoms with Gasteiger partial charge in [0, 0.05) is 31.3 Å². The smallest absolute Gasteiger partial charge is 0.133 e. The number of benzene rings is 1. The number of fused-ring (bicyclic) bond motifs is 1. The summed E-state index contributed by atoms with van der Waals surface area (Å²) in [7, 11) is 1.67. The normalized spacial score (nSPS) is 12.6. The molecule has 2 aromatic rings. The van der Waals surface area contributed by atoms with Gasteiger partial charge in [-0.1, -0.05) is 24.3 Å². The molecule has 0 fully saturated rings. The average molecular weight is 245 g/mol. The first kappa shape index (κ1) is 12.8. The van der Waals surface area contributed by atoms with Crippen molar-refractivity contribution >= 4 is 16.6 Å². The molecule has 0 spiro atoms. The first-order valence-electron chi connectivity index (χ1n) is 6.13. The number of nitrogens with two attached hydrogens (primary N) is 1. The molecule has 0 saturated heterocycles. The fourth-order valence-corrected chi connectivity index (χ4v) is 1.93. The van der Waals surface area contributed by atoms with E-state index in [0.29, 0.717) is 6.61 Å². The molecule has 1 aromatic carbocycles. The van der Waals surface area contributed by atoms with Crippen LogP contribution in [0.4, 0.5) is 5.82 Å². The molecule has 2 rings (SSSR count). The summed E-state index contributed by atoms with van der Waals surface area (Å²) in [6, 6.07) is 10.3. The molecule has 96 valence electrons. The van der Waals surface area contributed by atoms with Crippen molar-refractivity contribution in [1.29, 1.82) is 0 Å². The van der Waals surface area contributed by atoms with Crippen LogP contribution in [0.15, 0.2) is 36.5 Å². The Labute approximate surface area is 107 Å². The third-order valence-electron chi connectivity index (χ3n) is 2.86.